The van der Waals surface area contributed by atoms with E-state index in [-0.39, 0.29) is 5.92 Å². The lowest BCUT2D eigenvalue weighted by atomic mass is 10.1. The smallest absolute Gasteiger partial charge is 0.326 e. The summed E-state index contributed by atoms with van der Waals surface area (Å²) in [7, 11) is 0. The fraction of sp³-hybridized carbons (Fsp3) is 0.400. The SMILES string of the molecule is CC(C)[C@H](Nc1nccn2cnnc12)C(=O)O. The molecule has 0 fully saturated rings. The van der Waals surface area contributed by atoms with E-state index in [4.69, 9.17) is 5.11 Å². The van der Waals surface area contributed by atoms with E-state index in [0.717, 1.165) is 0 Å². The molecule has 0 bridgehead atoms. The number of carboxylic acid groups (broad SMARTS) is 1. The molecule has 0 amide bonds. The fourth-order valence-electron chi connectivity index (χ4n) is 1.52. The molecule has 2 rings (SSSR count). The zero-order valence-electron chi connectivity index (χ0n) is 9.53. The minimum Gasteiger partial charge on any atom is -0.480 e. The Bertz CT molecular complexity index is 536. The molecule has 2 heterocycles. The molecule has 2 aromatic rings. The van der Waals surface area contributed by atoms with Crippen LogP contribution in [0.25, 0.3) is 5.65 Å². The van der Waals surface area contributed by atoms with Gasteiger partial charge in [0, 0.05) is 12.4 Å². The van der Waals surface area contributed by atoms with Gasteiger partial charge < -0.3 is 10.4 Å². The molecule has 7 heteroatoms. The lowest BCUT2D eigenvalue weighted by Crippen LogP contribution is -2.34. The molecule has 0 unspecified atom stereocenters. The van der Waals surface area contributed by atoms with Crippen LogP contribution in [0, 0.1) is 5.92 Å². The number of rotatable bonds is 4. The number of hydrogen-bond acceptors (Lipinski definition) is 5. The second kappa shape index (κ2) is 4.36. The maximum absolute atomic E-state index is 11.1. The van der Waals surface area contributed by atoms with Crippen molar-refractivity contribution in [2.24, 2.45) is 5.92 Å². The van der Waals surface area contributed by atoms with Crippen LogP contribution in [0.1, 0.15) is 13.8 Å². The third kappa shape index (κ3) is 2.17. The first kappa shape index (κ1) is 11.3. The quantitative estimate of drug-likeness (QED) is 0.808. The summed E-state index contributed by atoms with van der Waals surface area (Å²) in [4.78, 5) is 15.2. The third-order valence-electron chi connectivity index (χ3n) is 2.44. The Labute approximate surface area is 97.5 Å². The summed E-state index contributed by atoms with van der Waals surface area (Å²) in [6.45, 7) is 3.66. The maximum atomic E-state index is 11.1. The highest BCUT2D eigenvalue weighted by atomic mass is 16.4. The number of carboxylic acids is 1. The number of nitrogens with one attached hydrogen (secondary N) is 1. The summed E-state index contributed by atoms with van der Waals surface area (Å²) in [6, 6.07) is -0.703. The predicted octanol–water partition coefficient (Wildman–Crippen LogP) is 0.645. The lowest BCUT2D eigenvalue weighted by Gasteiger charge is -2.18. The maximum Gasteiger partial charge on any atom is 0.326 e. The van der Waals surface area contributed by atoms with Gasteiger partial charge in [0.1, 0.15) is 12.4 Å². The van der Waals surface area contributed by atoms with Gasteiger partial charge in [-0.1, -0.05) is 13.8 Å². The number of anilines is 1. The largest absolute Gasteiger partial charge is 0.480 e. The summed E-state index contributed by atoms with van der Waals surface area (Å²) in [5, 5.41) is 19.6. The zero-order valence-corrected chi connectivity index (χ0v) is 9.53. The van der Waals surface area contributed by atoms with E-state index >= 15 is 0 Å². The second-order valence-corrected chi connectivity index (χ2v) is 4.04. The van der Waals surface area contributed by atoms with Crippen LogP contribution < -0.4 is 5.32 Å². The summed E-state index contributed by atoms with van der Waals surface area (Å²) >= 11 is 0. The standard InChI is InChI=1S/C10H13N5O2/c1-6(2)7(10(16)17)13-8-9-14-12-5-15(9)4-3-11-8/h3-7H,1-2H3,(H,11,13)(H,16,17)/t7-/m0/s1. The molecule has 0 saturated carbocycles. The van der Waals surface area contributed by atoms with Crippen molar-refractivity contribution in [3.8, 4) is 0 Å². The van der Waals surface area contributed by atoms with E-state index in [9.17, 15) is 4.79 Å². The average Bonchev–Trinajstić information content (AvgIpc) is 2.73. The van der Waals surface area contributed by atoms with Crippen molar-refractivity contribution in [1.82, 2.24) is 19.6 Å². The topological polar surface area (TPSA) is 92.4 Å². The Morgan fingerprint density at radius 1 is 1.53 bits per heavy atom. The molecule has 0 spiro atoms. The van der Waals surface area contributed by atoms with Crippen LogP contribution in [-0.4, -0.2) is 36.7 Å². The lowest BCUT2D eigenvalue weighted by molar-refractivity contribution is -0.138. The van der Waals surface area contributed by atoms with Crippen LogP contribution in [0.2, 0.25) is 0 Å². The van der Waals surface area contributed by atoms with Crippen LogP contribution in [0.4, 0.5) is 5.82 Å². The fourth-order valence-corrected chi connectivity index (χ4v) is 1.52. The predicted molar refractivity (Wildman–Crippen MR) is 60.7 cm³/mol. The molecule has 2 aromatic heterocycles. The Hall–Kier alpha value is -2.18. The molecule has 1 atom stereocenters. The van der Waals surface area contributed by atoms with Gasteiger partial charge in [0.05, 0.1) is 0 Å². The number of carbonyl (C=O) groups is 1. The van der Waals surface area contributed by atoms with E-state index in [1.54, 1.807) is 16.8 Å². The highest BCUT2D eigenvalue weighted by Gasteiger charge is 2.22. The molecule has 0 aromatic carbocycles. The van der Waals surface area contributed by atoms with Crippen molar-refractivity contribution >= 4 is 17.4 Å². The van der Waals surface area contributed by atoms with E-state index in [2.05, 4.69) is 20.5 Å². The third-order valence-corrected chi connectivity index (χ3v) is 2.44. The number of aromatic nitrogens is 4. The zero-order chi connectivity index (χ0) is 12.4. The molecule has 0 aliphatic rings. The Morgan fingerprint density at radius 3 is 2.94 bits per heavy atom. The number of nitrogens with zero attached hydrogens (tertiary/aromatic N) is 4. The molecule has 17 heavy (non-hydrogen) atoms. The number of hydrogen-bond donors (Lipinski definition) is 2. The van der Waals surface area contributed by atoms with Crippen molar-refractivity contribution in [3.05, 3.63) is 18.7 Å². The highest BCUT2D eigenvalue weighted by molar-refractivity contribution is 5.79. The molecule has 0 aliphatic heterocycles. The molecule has 0 saturated heterocycles. The minimum absolute atomic E-state index is 0.0579. The van der Waals surface area contributed by atoms with Gasteiger partial charge in [0.2, 0.25) is 5.65 Å². The van der Waals surface area contributed by atoms with Gasteiger partial charge in [-0.15, -0.1) is 10.2 Å². The molecule has 2 N–H and O–H groups in total. The summed E-state index contributed by atoms with van der Waals surface area (Å²) in [5.74, 6) is -0.549. The van der Waals surface area contributed by atoms with Gasteiger partial charge in [-0.05, 0) is 5.92 Å². The minimum atomic E-state index is -0.914. The van der Waals surface area contributed by atoms with Gasteiger partial charge in [-0.3, -0.25) is 4.40 Å². The van der Waals surface area contributed by atoms with E-state index in [1.165, 1.54) is 6.33 Å². The van der Waals surface area contributed by atoms with E-state index in [1.807, 2.05) is 13.8 Å². The summed E-state index contributed by atoms with van der Waals surface area (Å²) in [5.41, 5.74) is 0.513. The molecule has 7 nitrogen and oxygen atoms in total. The Kier molecular flexibility index (Phi) is 2.90. The average molecular weight is 235 g/mol. The summed E-state index contributed by atoms with van der Waals surface area (Å²) < 4.78 is 1.68. The van der Waals surface area contributed by atoms with Crippen molar-refractivity contribution in [3.63, 3.8) is 0 Å². The van der Waals surface area contributed by atoms with Gasteiger partial charge in [-0.2, -0.15) is 0 Å². The van der Waals surface area contributed by atoms with Crippen molar-refractivity contribution < 1.29 is 9.90 Å². The van der Waals surface area contributed by atoms with Crippen molar-refractivity contribution in [2.45, 2.75) is 19.9 Å². The van der Waals surface area contributed by atoms with Crippen LogP contribution >= 0.6 is 0 Å². The Balaban J connectivity index is 2.34. The normalized spacial score (nSPS) is 12.9. The highest BCUT2D eigenvalue weighted by Crippen LogP contribution is 2.14. The number of fused-ring (bicyclic) bond motifs is 1. The number of aliphatic carboxylic acids is 1. The van der Waals surface area contributed by atoms with Crippen LogP contribution in [0.3, 0.4) is 0 Å². The van der Waals surface area contributed by atoms with Gasteiger partial charge in [0.25, 0.3) is 0 Å². The van der Waals surface area contributed by atoms with Crippen LogP contribution in [-0.2, 0) is 4.79 Å². The van der Waals surface area contributed by atoms with Gasteiger partial charge >= 0.3 is 5.97 Å². The first-order valence-electron chi connectivity index (χ1n) is 5.23. The first-order chi connectivity index (χ1) is 8.09. The van der Waals surface area contributed by atoms with Crippen LogP contribution in [0.5, 0.6) is 0 Å². The first-order valence-corrected chi connectivity index (χ1v) is 5.23. The van der Waals surface area contributed by atoms with E-state index < -0.39 is 12.0 Å². The van der Waals surface area contributed by atoms with Gasteiger partial charge in [-0.25, -0.2) is 9.78 Å². The monoisotopic (exact) mass is 235 g/mol. The van der Waals surface area contributed by atoms with E-state index in [0.29, 0.717) is 11.5 Å². The van der Waals surface area contributed by atoms with Crippen molar-refractivity contribution in [1.29, 1.82) is 0 Å². The van der Waals surface area contributed by atoms with Crippen molar-refractivity contribution in [2.75, 3.05) is 5.32 Å². The Morgan fingerprint density at radius 2 is 2.29 bits per heavy atom. The molecular weight excluding hydrogens is 222 g/mol. The van der Waals surface area contributed by atoms with Gasteiger partial charge in [0.15, 0.2) is 5.82 Å². The van der Waals surface area contributed by atoms with Crippen LogP contribution in [0.15, 0.2) is 18.7 Å². The molecular formula is C10H13N5O2. The molecule has 90 valence electrons. The summed E-state index contributed by atoms with van der Waals surface area (Å²) in [6.07, 6.45) is 4.80. The molecule has 0 radical (unpaired) electrons. The second-order valence-electron chi connectivity index (χ2n) is 4.04. The molecule has 0 aliphatic carbocycles.